The van der Waals surface area contributed by atoms with Crippen molar-refractivity contribution in [2.24, 2.45) is 5.92 Å². The highest BCUT2D eigenvalue weighted by Gasteiger charge is 2.30. The van der Waals surface area contributed by atoms with E-state index in [0.717, 1.165) is 12.0 Å². The molecule has 1 amide bonds. The Balaban J connectivity index is 1.46. The van der Waals surface area contributed by atoms with Crippen LogP contribution in [0.3, 0.4) is 0 Å². The van der Waals surface area contributed by atoms with Crippen molar-refractivity contribution in [3.8, 4) is 5.75 Å². The van der Waals surface area contributed by atoms with Gasteiger partial charge in [-0.15, -0.1) is 0 Å². The van der Waals surface area contributed by atoms with Crippen LogP contribution < -0.4 is 10.1 Å². The van der Waals surface area contributed by atoms with Crippen molar-refractivity contribution in [1.82, 2.24) is 4.31 Å². The molecule has 1 saturated heterocycles. The summed E-state index contributed by atoms with van der Waals surface area (Å²) in [5, 5.41) is 2.92. The van der Waals surface area contributed by atoms with Crippen molar-refractivity contribution in [1.29, 1.82) is 0 Å². The van der Waals surface area contributed by atoms with Crippen LogP contribution in [0.15, 0.2) is 67.3 Å². The summed E-state index contributed by atoms with van der Waals surface area (Å²) in [6, 6.07) is 17.1. The molecular formula is C24H30N2O4S. The van der Waals surface area contributed by atoms with E-state index >= 15 is 0 Å². The van der Waals surface area contributed by atoms with Crippen LogP contribution in [0.5, 0.6) is 5.75 Å². The van der Waals surface area contributed by atoms with Crippen LogP contribution in [-0.4, -0.2) is 44.1 Å². The van der Waals surface area contributed by atoms with Gasteiger partial charge in [0, 0.05) is 30.8 Å². The number of hydrogen-bond acceptors (Lipinski definition) is 4. The van der Waals surface area contributed by atoms with Crippen molar-refractivity contribution >= 4 is 21.6 Å². The Morgan fingerprint density at radius 3 is 2.58 bits per heavy atom. The molecule has 31 heavy (non-hydrogen) atoms. The summed E-state index contributed by atoms with van der Waals surface area (Å²) in [6.45, 7) is 4.78. The van der Waals surface area contributed by atoms with Gasteiger partial charge < -0.3 is 10.1 Å². The standard InChI is InChI=1S/C24H30N2O4S/c1-2-17-30-23-12-6-11-22(19-23)25-24(27)21-13-15-26(16-14-21)31(28,29)18-7-10-20-8-4-3-5-9-20/h2-6,8-9,11-12,19,21H,1,7,10,13-18H2,(H,25,27). The van der Waals surface area contributed by atoms with Gasteiger partial charge in [0.2, 0.25) is 15.9 Å². The van der Waals surface area contributed by atoms with Crippen molar-refractivity contribution in [2.45, 2.75) is 25.7 Å². The van der Waals surface area contributed by atoms with Crippen molar-refractivity contribution < 1.29 is 17.9 Å². The first kappa shape index (κ1) is 23.0. The molecule has 0 atom stereocenters. The molecule has 0 unspecified atom stereocenters. The maximum absolute atomic E-state index is 12.7. The molecule has 1 N–H and O–H groups in total. The number of carbonyl (C=O) groups excluding carboxylic acids is 1. The fraction of sp³-hybridized carbons (Fsp3) is 0.375. The van der Waals surface area contributed by atoms with Gasteiger partial charge in [0.25, 0.3) is 0 Å². The molecule has 7 heteroatoms. The number of hydrogen-bond donors (Lipinski definition) is 1. The van der Waals surface area contributed by atoms with Gasteiger partial charge in [0.1, 0.15) is 12.4 Å². The number of rotatable bonds is 10. The van der Waals surface area contributed by atoms with Crippen molar-refractivity contribution in [2.75, 3.05) is 30.8 Å². The van der Waals surface area contributed by atoms with E-state index in [-0.39, 0.29) is 17.6 Å². The van der Waals surface area contributed by atoms with E-state index in [0.29, 0.717) is 50.4 Å². The number of anilines is 1. The van der Waals surface area contributed by atoms with E-state index in [2.05, 4.69) is 11.9 Å². The van der Waals surface area contributed by atoms with Gasteiger partial charge >= 0.3 is 0 Å². The fourth-order valence-electron chi connectivity index (χ4n) is 3.69. The third-order valence-electron chi connectivity index (χ3n) is 5.40. The lowest BCUT2D eigenvalue weighted by molar-refractivity contribution is -0.120. The van der Waals surface area contributed by atoms with Crippen LogP contribution in [0, 0.1) is 5.92 Å². The Bertz CT molecular complexity index is 968. The predicted molar refractivity (Wildman–Crippen MR) is 124 cm³/mol. The highest BCUT2D eigenvalue weighted by Crippen LogP contribution is 2.23. The highest BCUT2D eigenvalue weighted by molar-refractivity contribution is 7.89. The number of carbonyl (C=O) groups is 1. The fourth-order valence-corrected chi connectivity index (χ4v) is 5.23. The van der Waals surface area contributed by atoms with Crippen molar-refractivity contribution in [3.05, 3.63) is 72.8 Å². The maximum atomic E-state index is 12.7. The van der Waals surface area contributed by atoms with Gasteiger partial charge in [0.15, 0.2) is 0 Å². The molecule has 1 heterocycles. The summed E-state index contributed by atoms with van der Waals surface area (Å²) in [4.78, 5) is 12.6. The number of piperidine rings is 1. The van der Waals surface area contributed by atoms with Crippen LogP contribution >= 0.6 is 0 Å². The monoisotopic (exact) mass is 442 g/mol. The summed E-state index contributed by atoms with van der Waals surface area (Å²) in [5.41, 5.74) is 1.81. The van der Waals surface area contributed by atoms with Gasteiger partial charge in [0.05, 0.1) is 5.75 Å². The molecule has 0 saturated carbocycles. The zero-order valence-corrected chi connectivity index (χ0v) is 18.5. The molecular weight excluding hydrogens is 412 g/mol. The molecule has 166 valence electrons. The molecule has 0 aliphatic carbocycles. The number of sulfonamides is 1. The molecule has 0 spiro atoms. The van der Waals surface area contributed by atoms with E-state index in [9.17, 15) is 13.2 Å². The lowest BCUT2D eigenvalue weighted by Crippen LogP contribution is -2.42. The van der Waals surface area contributed by atoms with Gasteiger partial charge in [-0.25, -0.2) is 12.7 Å². The topological polar surface area (TPSA) is 75.7 Å². The number of nitrogens with one attached hydrogen (secondary N) is 1. The smallest absolute Gasteiger partial charge is 0.227 e. The quantitative estimate of drug-likeness (QED) is 0.567. The first-order valence-electron chi connectivity index (χ1n) is 10.6. The number of amides is 1. The van der Waals surface area contributed by atoms with Crippen molar-refractivity contribution in [3.63, 3.8) is 0 Å². The van der Waals surface area contributed by atoms with E-state index < -0.39 is 10.0 Å². The average molecular weight is 443 g/mol. The lowest BCUT2D eigenvalue weighted by Gasteiger charge is -2.30. The van der Waals surface area contributed by atoms with Gasteiger partial charge in [-0.3, -0.25) is 4.79 Å². The average Bonchev–Trinajstić information content (AvgIpc) is 2.78. The minimum absolute atomic E-state index is 0.0815. The Morgan fingerprint density at radius 2 is 1.87 bits per heavy atom. The molecule has 1 aliphatic heterocycles. The first-order chi connectivity index (χ1) is 15.0. The summed E-state index contributed by atoms with van der Waals surface area (Å²) >= 11 is 0. The molecule has 0 aromatic heterocycles. The SMILES string of the molecule is C=CCOc1cccc(NC(=O)C2CCN(S(=O)(=O)CCCc3ccccc3)CC2)c1. The minimum Gasteiger partial charge on any atom is -0.489 e. The largest absolute Gasteiger partial charge is 0.489 e. The predicted octanol–water partition coefficient (Wildman–Crippen LogP) is 3.86. The van der Waals surface area contributed by atoms with E-state index in [1.807, 2.05) is 48.5 Å². The van der Waals surface area contributed by atoms with Gasteiger partial charge in [-0.05, 0) is 43.4 Å². The Hall–Kier alpha value is -2.64. The second-order valence-electron chi connectivity index (χ2n) is 7.70. The van der Waals surface area contributed by atoms with E-state index in [4.69, 9.17) is 4.74 Å². The second-order valence-corrected chi connectivity index (χ2v) is 9.78. The summed E-state index contributed by atoms with van der Waals surface area (Å²) < 4.78 is 32.4. The number of aryl methyl sites for hydroxylation is 1. The summed E-state index contributed by atoms with van der Waals surface area (Å²) in [7, 11) is -3.30. The number of benzene rings is 2. The Morgan fingerprint density at radius 1 is 1.13 bits per heavy atom. The molecule has 2 aromatic rings. The molecule has 3 rings (SSSR count). The first-order valence-corrected chi connectivity index (χ1v) is 12.3. The van der Waals surface area contributed by atoms with Crippen LogP contribution in [0.25, 0.3) is 0 Å². The Kier molecular flexibility index (Phi) is 8.26. The normalized spacial score (nSPS) is 15.4. The second kappa shape index (κ2) is 11.1. The third kappa shape index (κ3) is 6.94. The summed E-state index contributed by atoms with van der Waals surface area (Å²) in [5.74, 6) is 0.514. The highest BCUT2D eigenvalue weighted by atomic mass is 32.2. The molecule has 2 aromatic carbocycles. The van der Waals surface area contributed by atoms with Crippen LogP contribution in [-0.2, 0) is 21.2 Å². The number of nitrogens with zero attached hydrogens (tertiary/aromatic N) is 1. The molecule has 0 radical (unpaired) electrons. The van der Waals surface area contributed by atoms with Crippen LogP contribution in [0.1, 0.15) is 24.8 Å². The number of ether oxygens (including phenoxy) is 1. The van der Waals surface area contributed by atoms with Crippen LogP contribution in [0.4, 0.5) is 5.69 Å². The van der Waals surface area contributed by atoms with Gasteiger partial charge in [-0.1, -0.05) is 49.1 Å². The maximum Gasteiger partial charge on any atom is 0.227 e. The molecule has 1 fully saturated rings. The lowest BCUT2D eigenvalue weighted by atomic mass is 9.97. The third-order valence-corrected chi connectivity index (χ3v) is 7.35. The molecule has 0 bridgehead atoms. The van der Waals surface area contributed by atoms with Crippen LogP contribution in [0.2, 0.25) is 0 Å². The zero-order chi connectivity index (χ0) is 22.1. The van der Waals surface area contributed by atoms with E-state index in [1.165, 1.54) is 4.31 Å². The zero-order valence-electron chi connectivity index (χ0n) is 17.7. The van der Waals surface area contributed by atoms with Gasteiger partial charge in [-0.2, -0.15) is 0 Å². The molecule has 1 aliphatic rings. The van der Waals surface area contributed by atoms with E-state index in [1.54, 1.807) is 12.1 Å². The molecule has 6 nitrogen and oxygen atoms in total. The Labute approximate surface area is 185 Å². The summed E-state index contributed by atoms with van der Waals surface area (Å²) in [6.07, 6.45) is 4.05. The minimum atomic E-state index is -3.30.